The predicted octanol–water partition coefficient (Wildman–Crippen LogP) is 5.62. The van der Waals surface area contributed by atoms with Crippen LogP contribution in [-0.2, 0) is 6.18 Å². The fourth-order valence-electron chi connectivity index (χ4n) is 2.64. The van der Waals surface area contributed by atoms with E-state index in [4.69, 9.17) is 9.47 Å². The molecule has 0 bridgehead atoms. The number of anilines is 2. The van der Waals surface area contributed by atoms with Gasteiger partial charge in [0, 0.05) is 18.4 Å². The van der Waals surface area contributed by atoms with Gasteiger partial charge in [0.15, 0.2) is 0 Å². The van der Waals surface area contributed by atoms with Gasteiger partial charge < -0.3 is 14.4 Å². The van der Waals surface area contributed by atoms with E-state index < -0.39 is 17.6 Å². The van der Waals surface area contributed by atoms with Crippen molar-refractivity contribution in [1.29, 1.82) is 0 Å². The Labute approximate surface area is 163 Å². The molecule has 0 radical (unpaired) electrons. The molecule has 0 atom stereocenters. The summed E-state index contributed by atoms with van der Waals surface area (Å²) in [5.41, 5.74) is -0.210. The molecule has 5 nitrogen and oxygen atoms in total. The summed E-state index contributed by atoms with van der Waals surface area (Å²) in [7, 11) is 0. The molecule has 0 saturated carbocycles. The molecule has 0 aliphatic carbocycles. The zero-order valence-electron chi connectivity index (χ0n) is 16.4. The third-order valence-electron chi connectivity index (χ3n) is 4.05. The average Bonchev–Trinajstić information content (AvgIpc) is 2.67. The second-order valence-electron chi connectivity index (χ2n) is 6.11. The molecule has 0 fully saturated rings. The molecule has 0 saturated heterocycles. The predicted molar refractivity (Wildman–Crippen MR) is 102 cm³/mol. The maximum atomic E-state index is 13.3. The SMILES string of the molecule is CCCCCOc1nc(N(CC)c2ccc(OCC)cc2)ncc1C(F)(F)F. The van der Waals surface area contributed by atoms with Crippen molar-refractivity contribution in [2.75, 3.05) is 24.7 Å². The number of nitrogens with zero attached hydrogens (tertiary/aromatic N) is 3. The van der Waals surface area contributed by atoms with Gasteiger partial charge in [-0.3, -0.25) is 0 Å². The summed E-state index contributed by atoms with van der Waals surface area (Å²) in [5.74, 6) is 0.443. The van der Waals surface area contributed by atoms with Gasteiger partial charge in [-0.15, -0.1) is 0 Å². The van der Waals surface area contributed by atoms with Crippen LogP contribution in [0.25, 0.3) is 0 Å². The fourth-order valence-corrected chi connectivity index (χ4v) is 2.64. The van der Waals surface area contributed by atoms with E-state index in [1.165, 1.54) is 0 Å². The molecule has 8 heteroatoms. The van der Waals surface area contributed by atoms with Gasteiger partial charge in [0.2, 0.25) is 11.8 Å². The highest BCUT2D eigenvalue weighted by Gasteiger charge is 2.36. The fraction of sp³-hybridized carbons (Fsp3) is 0.500. The summed E-state index contributed by atoms with van der Waals surface area (Å²) < 4.78 is 50.7. The Bertz CT molecular complexity index is 736. The minimum absolute atomic E-state index is 0.158. The molecule has 0 aliphatic rings. The Morgan fingerprint density at radius 3 is 2.29 bits per heavy atom. The number of unbranched alkanes of at least 4 members (excludes halogenated alkanes) is 2. The topological polar surface area (TPSA) is 47.5 Å². The Hall–Kier alpha value is -2.51. The summed E-state index contributed by atoms with van der Waals surface area (Å²) in [6.07, 6.45) is -1.29. The van der Waals surface area contributed by atoms with Gasteiger partial charge in [0.1, 0.15) is 11.3 Å². The van der Waals surface area contributed by atoms with Gasteiger partial charge in [0.25, 0.3) is 0 Å². The van der Waals surface area contributed by atoms with E-state index in [1.54, 1.807) is 17.0 Å². The second-order valence-corrected chi connectivity index (χ2v) is 6.11. The van der Waals surface area contributed by atoms with E-state index in [1.807, 2.05) is 32.9 Å². The molecule has 2 rings (SSSR count). The first-order valence-corrected chi connectivity index (χ1v) is 9.48. The van der Waals surface area contributed by atoms with Crippen LogP contribution >= 0.6 is 0 Å². The van der Waals surface area contributed by atoms with Crippen molar-refractivity contribution in [3.05, 3.63) is 36.0 Å². The molecule has 2 aromatic rings. The summed E-state index contributed by atoms with van der Waals surface area (Å²) >= 11 is 0. The molecule has 1 heterocycles. The van der Waals surface area contributed by atoms with Crippen molar-refractivity contribution in [2.45, 2.75) is 46.2 Å². The van der Waals surface area contributed by atoms with Gasteiger partial charge in [0.05, 0.1) is 13.2 Å². The lowest BCUT2D eigenvalue weighted by Crippen LogP contribution is -2.21. The number of halogens is 3. The van der Waals surface area contributed by atoms with Gasteiger partial charge >= 0.3 is 6.18 Å². The molecule has 1 aromatic heterocycles. The number of hydrogen-bond acceptors (Lipinski definition) is 5. The molecule has 0 amide bonds. The number of rotatable bonds is 10. The van der Waals surface area contributed by atoms with Crippen LogP contribution in [0.15, 0.2) is 30.5 Å². The Kier molecular flexibility index (Phi) is 7.90. The summed E-state index contributed by atoms with van der Waals surface area (Å²) in [4.78, 5) is 9.74. The van der Waals surface area contributed by atoms with Crippen LogP contribution in [0.1, 0.15) is 45.6 Å². The first-order valence-electron chi connectivity index (χ1n) is 9.48. The summed E-state index contributed by atoms with van der Waals surface area (Å²) in [6, 6.07) is 7.23. The number of alkyl halides is 3. The number of hydrogen-bond donors (Lipinski definition) is 0. The summed E-state index contributed by atoms with van der Waals surface area (Å²) in [5, 5.41) is 0. The highest BCUT2D eigenvalue weighted by atomic mass is 19.4. The van der Waals surface area contributed by atoms with Crippen molar-refractivity contribution in [1.82, 2.24) is 9.97 Å². The first-order chi connectivity index (χ1) is 13.4. The van der Waals surface area contributed by atoms with Gasteiger partial charge in [-0.25, -0.2) is 4.98 Å². The van der Waals surface area contributed by atoms with Crippen LogP contribution in [0.3, 0.4) is 0 Å². The van der Waals surface area contributed by atoms with Crippen LogP contribution in [0.5, 0.6) is 11.6 Å². The molecule has 0 aliphatic heterocycles. The lowest BCUT2D eigenvalue weighted by molar-refractivity contribution is -0.139. The van der Waals surface area contributed by atoms with Gasteiger partial charge in [-0.05, 0) is 44.5 Å². The molecular formula is C20H26F3N3O2. The van der Waals surface area contributed by atoms with Crippen LogP contribution in [0.2, 0.25) is 0 Å². The average molecular weight is 397 g/mol. The normalized spacial score (nSPS) is 11.4. The Morgan fingerprint density at radius 1 is 1.00 bits per heavy atom. The minimum atomic E-state index is -4.57. The van der Waals surface area contributed by atoms with E-state index >= 15 is 0 Å². The van der Waals surface area contributed by atoms with E-state index in [0.717, 1.165) is 30.5 Å². The Balaban J connectivity index is 2.31. The molecule has 0 spiro atoms. The van der Waals surface area contributed by atoms with Crippen LogP contribution in [0, 0.1) is 0 Å². The first kappa shape index (κ1) is 21.8. The maximum absolute atomic E-state index is 13.3. The second kappa shape index (κ2) is 10.1. The maximum Gasteiger partial charge on any atom is 0.423 e. The van der Waals surface area contributed by atoms with E-state index in [-0.39, 0.29) is 12.6 Å². The van der Waals surface area contributed by atoms with E-state index in [9.17, 15) is 13.2 Å². The van der Waals surface area contributed by atoms with E-state index in [2.05, 4.69) is 9.97 Å². The quantitative estimate of drug-likeness (QED) is 0.487. The van der Waals surface area contributed by atoms with Gasteiger partial charge in [-0.2, -0.15) is 18.2 Å². The van der Waals surface area contributed by atoms with Crippen LogP contribution < -0.4 is 14.4 Å². The molecule has 154 valence electrons. The lowest BCUT2D eigenvalue weighted by Gasteiger charge is -2.22. The van der Waals surface area contributed by atoms with Crippen LogP contribution in [0.4, 0.5) is 24.8 Å². The van der Waals surface area contributed by atoms with Crippen molar-refractivity contribution < 1.29 is 22.6 Å². The van der Waals surface area contributed by atoms with Crippen molar-refractivity contribution >= 4 is 11.6 Å². The number of ether oxygens (including phenoxy) is 2. The molecule has 1 aromatic carbocycles. The molecule has 0 unspecified atom stereocenters. The Morgan fingerprint density at radius 2 is 1.71 bits per heavy atom. The lowest BCUT2D eigenvalue weighted by atomic mass is 10.2. The van der Waals surface area contributed by atoms with Crippen molar-refractivity contribution in [3.63, 3.8) is 0 Å². The third-order valence-corrected chi connectivity index (χ3v) is 4.05. The zero-order valence-corrected chi connectivity index (χ0v) is 16.4. The highest BCUT2D eigenvalue weighted by Crippen LogP contribution is 2.36. The minimum Gasteiger partial charge on any atom is -0.494 e. The zero-order chi connectivity index (χ0) is 20.6. The van der Waals surface area contributed by atoms with Crippen molar-refractivity contribution in [3.8, 4) is 11.6 Å². The largest absolute Gasteiger partial charge is 0.494 e. The van der Waals surface area contributed by atoms with Crippen molar-refractivity contribution in [2.24, 2.45) is 0 Å². The monoisotopic (exact) mass is 397 g/mol. The number of benzene rings is 1. The molecule has 28 heavy (non-hydrogen) atoms. The number of aromatic nitrogens is 2. The van der Waals surface area contributed by atoms with Gasteiger partial charge in [-0.1, -0.05) is 19.8 Å². The third kappa shape index (κ3) is 5.74. The smallest absolute Gasteiger partial charge is 0.423 e. The summed E-state index contributed by atoms with van der Waals surface area (Å²) in [6.45, 7) is 7.00. The highest BCUT2D eigenvalue weighted by molar-refractivity contribution is 5.58. The standard InChI is InChI=1S/C20H26F3N3O2/c1-4-7-8-13-28-18-17(20(21,22)23)14-24-19(25-18)26(5-2)15-9-11-16(12-10-15)27-6-3/h9-12,14H,4-8,13H2,1-3H3. The van der Waals surface area contributed by atoms with E-state index in [0.29, 0.717) is 19.6 Å². The molecule has 0 N–H and O–H groups in total. The molecular weight excluding hydrogens is 371 g/mol. The van der Waals surface area contributed by atoms with Crippen LogP contribution in [-0.4, -0.2) is 29.7 Å².